The maximum Gasteiger partial charge on any atom is 0.256 e. The van der Waals surface area contributed by atoms with Crippen LogP contribution in [-0.2, 0) is 4.79 Å². The largest absolute Gasteiger partial charge is 0.321 e. The number of benzene rings is 1. The predicted octanol–water partition coefficient (Wildman–Crippen LogP) is 4.36. The summed E-state index contributed by atoms with van der Waals surface area (Å²) in [5.74, 6) is -0.449. The average molecular weight is 281 g/mol. The van der Waals surface area contributed by atoms with Gasteiger partial charge in [-0.15, -0.1) is 0 Å². The number of nitrogens with one attached hydrogen (secondary N) is 1. The Labute approximate surface area is 123 Å². The SMILES string of the molecule is O=C1Nc2ccc(F)cc2C1=CC1=CC2=C(CCCC2)C1. The van der Waals surface area contributed by atoms with Gasteiger partial charge in [0.25, 0.3) is 5.91 Å². The van der Waals surface area contributed by atoms with E-state index in [0.29, 0.717) is 16.8 Å². The van der Waals surface area contributed by atoms with Crippen molar-refractivity contribution in [2.24, 2.45) is 0 Å². The number of halogens is 1. The van der Waals surface area contributed by atoms with Gasteiger partial charge in [0, 0.05) is 16.8 Å². The van der Waals surface area contributed by atoms with Crippen LogP contribution in [0.15, 0.2) is 47.1 Å². The highest BCUT2D eigenvalue weighted by molar-refractivity contribution is 6.31. The molecule has 106 valence electrons. The lowest BCUT2D eigenvalue weighted by atomic mass is 9.93. The van der Waals surface area contributed by atoms with Crippen LogP contribution in [0.1, 0.15) is 37.7 Å². The summed E-state index contributed by atoms with van der Waals surface area (Å²) in [6, 6.07) is 4.43. The zero-order valence-electron chi connectivity index (χ0n) is 11.7. The highest BCUT2D eigenvalue weighted by Crippen LogP contribution is 2.39. The normalized spacial score (nSPS) is 22.2. The first-order valence-corrected chi connectivity index (χ1v) is 7.45. The summed E-state index contributed by atoms with van der Waals surface area (Å²) in [7, 11) is 0. The molecule has 1 amide bonds. The molecular weight excluding hydrogens is 265 g/mol. The zero-order valence-corrected chi connectivity index (χ0v) is 11.7. The molecule has 2 aliphatic carbocycles. The number of anilines is 1. The molecule has 3 heteroatoms. The molecular formula is C18H16FNO. The molecule has 0 radical (unpaired) electrons. The van der Waals surface area contributed by atoms with Gasteiger partial charge in [0.2, 0.25) is 0 Å². The predicted molar refractivity (Wildman–Crippen MR) is 81.2 cm³/mol. The molecule has 1 aromatic carbocycles. The van der Waals surface area contributed by atoms with Gasteiger partial charge in [-0.1, -0.05) is 11.6 Å². The summed E-state index contributed by atoms with van der Waals surface area (Å²) in [6.45, 7) is 0. The van der Waals surface area contributed by atoms with E-state index < -0.39 is 0 Å². The maximum absolute atomic E-state index is 13.4. The van der Waals surface area contributed by atoms with Crippen molar-refractivity contribution in [3.8, 4) is 0 Å². The fourth-order valence-corrected chi connectivity index (χ4v) is 3.47. The number of hydrogen-bond acceptors (Lipinski definition) is 1. The van der Waals surface area contributed by atoms with Crippen molar-refractivity contribution in [1.82, 2.24) is 0 Å². The highest BCUT2D eigenvalue weighted by atomic mass is 19.1. The summed E-state index contributed by atoms with van der Waals surface area (Å²) < 4.78 is 13.4. The van der Waals surface area contributed by atoms with Crippen LogP contribution in [0.3, 0.4) is 0 Å². The quantitative estimate of drug-likeness (QED) is 0.761. The van der Waals surface area contributed by atoms with Crippen LogP contribution < -0.4 is 5.32 Å². The molecule has 21 heavy (non-hydrogen) atoms. The van der Waals surface area contributed by atoms with E-state index in [9.17, 15) is 9.18 Å². The summed E-state index contributed by atoms with van der Waals surface area (Å²) in [4.78, 5) is 12.1. The van der Waals surface area contributed by atoms with Crippen molar-refractivity contribution in [1.29, 1.82) is 0 Å². The Hall–Kier alpha value is -2.16. The molecule has 3 aliphatic rings. The Bertz CT molecular complexity index is 740. The molecule has 0 aromatic heterocycles. The first-order valence-electron chi connectivity index (χ1n) is 7.45. The Morgan fingerprint density at radius 1 is 1.19 bits per heavy atom. The first kappa shape index (κ1) is 12.6. The second-order valence-electron chi connectivity index (χ2n) is 5.93. The summed E-state index contributed by atoms with van der Waals surface area (Å²) >= 11 is 0. The van der Waals surface area contributed by atoms with Gasteiger partial charge in [0.05, 0.1) is 0 Å². The fraction of sp³-hybridized carbons (Fsp3) is 0.278. The number of hydrogen-bond donors (Lipinski definition) is 1. The van der Waals surface area contributed by atoms with E-state index in [4.69, 9.17) is 0 Å². The smallest absolute Gasteiger partial charge is 0.256 e. The number of allylic oxidation sites excluding steroid dienone is 5. The lowest BCUT2D eigenvalue weighted by molar-refractivity contribution is -0.110. The van der Waals surface area contributed by atoms with Crippen molar-refractivity contribution in [2.75, 3.05) is 5.32 Å². The van der Waals surface area contributed by atoms with E-state index in [-0.39, 0.29) is 11.7 Å². The molecule has 2 nitrogen and oxygen atoms in total. The number of fused-ring (bicyclic) bond motifs is 1. The van der Waals surface area contributed by atoms with Crippen LogP contribution in [0, 0.1) is 5.82 Å². The molecule has 4 rings (SSSR count). The molecule has 0 atom stereocenters. The average Bonchev–Trinajstić information content (AvgIpc) is 3.01. The van der Waals surface area contributed by atoms with Gasteiger partial charge >= 0.3 is 0 Å². The highest BCUT2D eigenvalue weighted by Gasteiger charge is 2.26. The molecule has 0 saturated carbocycles. The third-order valence-electron chi connectivity index (χ3n) is 4.50. The van der Waals surface area contributed by atoms with E-state index in [1.807, 2.05) is 6.08 Å². The maximum atomic E-state index is 13.4. The van der Waals surface area contributed by atoms with Gasteiger partial charge in [0.1, 0.15) is 5.82 Å². The molecule has 0 saturated heterocycles. The molecule has 0 unspecified atom stereocenters. The van der Waals surface area contributed by atoms with Gasteiger partial charge in [-0.25, -0.2) is 4.39 Å². The van der Waals surface area contributed by atoms with E-state index in [2.05, 4.69) is 11.4 Å². The van der Waals surface area contributed by atoms with E-state index in [1.165, 1.54) is 48.1 Å². The minimum absolute atomic E-state index is 0.138. The van der Waals surface area contributed by atoms with E-state index in [0.717, 1.165) is 12.8 Å². The minimum Gasteiger partial charge on any atom is -0.321 e. The molecule has 1 heterocycles. The molecule has 1 aliphatic heterocycles. The van der Waals surface area contributed by atoms with Crippen molar-refractivity contribution in [3.63, 3.8) is 0 Å². The second kappa shape index (κ2) is 4.69. The number of amides is 1. The minimum atomic E-state index is -0.311. The summed E-state index contributed by atoms with van der Waals surface area (Å²) in [5.41, 5.74) is 6.09. The van der Waals surface area contributed by atoms with Crippen LogP contribution in [0.4, 0.5) is 10.1 Å². The van der Waals surface area contributed by atoms with Crippen LogP contribution in [0.2, 0.25) is 0 Å². The molecule has 1 N–H and O–H groups in total. The Kier molecular flexibility index (Phi) is 2.81. The number of carbonyl (C=O) groups excluding carboxylic acids is 1. The van der Waals surface area contributed by atoms with Crippen LogP contribution in [0.25, 0.3) is 5.57 Å². The van der Waals surface area contributed by atoms with Crippen LogP contribution in [0.5, 0.6) is 0 Å². The van der Waals surface area contributed by atoms with E-state index >= 15 is 0 Å². The molecule has 1 aromatic rings. The topological polar surface area (TPSA) is 29.1 Å². The summed E-state index contributed by atoms with van der Waals surface area (Å²) in [6.07, 6.45) is 9.94. The van der Waals surface area contributed by atoms with Gasteiger partial charge in [0.15, 0.2) is 0 Å². The number of carbonyl (C=O) groups is 1. The number of rotatable bonds is 1. The third kappa shape index (κ3) is 2.13. The third-order valence-corrected chi connectivity index (χ3v) is 4.50. The molecule has 0 spiro atoms. The first-order chi connectivity index (χ1) is 10.2. The summed E-state index contributed by atoms with van der Waals surface area (Å²) in [5, 5.41) is 2.80. The standard InChI is InChI=1S/C18H16FNO/c19-14-5-6-17-15(10-14)16(18(21)20-17)9-11-7-12-3-1-2-4-13(12)8-11/h5-7,9-10H,1-4,8H2,(H,20,21). The van der Waals surface area contributed by atoms with Crippen molar-refractivity contribution >= 4 is 17.2 Å². The Balaban J connectivity index is 1.69. The van der Waals surface area contributed by atoms with E-state index in [1.54, 1.807) is 6.07 Å². The molecule has 0 fully saturated rings. The van der Waals surface area contributed by atoms with Gasteiger partial charge < -0.3 is 5.32 Å². The van der Waals surface area contributed by atoms with Gasteiger partial charge in [-0.05, 0) is 67.5 Å². The van der Waals surface area contributed by atoms with Gasteiger partial charge in [-0.3, -0.25) is 4.79 Å². The zero-order chi connectivity index (χ0) is 14.4. The van der Waals surface area contributed by atoms with Crippen molar-refractivity contribution in [2.45, 2.75) is 32.1 Å². The Morgan fingerprint density at radius 3 is 2.90 bits per heavy atom. The van der Waals surface area contributed by atoms with Gasteiger partial charge in [-0.2, -0.15) is 0 Å². The monoisotopic (exact) mass is 281 g/mol. The van der Waals surface area contributed by atoms with Crippen molar-refractivity contribution in [3.05, 3.63) is 58.5 Å². The van der Waals surface area contributed by atoms with Crippen molar-refractivity contribution < 1.29 is 9.18 Å². The van der Waals surface area contributed by atoms with Crippen LogP contribution in [-0.4, -0.2) is 5.91 Å². The van der Waals surface area contributed by atoms with Crippen LogP contribution >= 0.6 is 0 Å². The lowest BCUT2D eigenvalue weighted by Gasteiger charge is -2.12. The lowest BCUT2D eigenvalue weighted by Crippen LogP contribution is -2.03. The molecule has 0 bridgehead atoms. The second-order valence-corrected chi connectivity index (χ2v) is 5.93. The fourth-order valence-electron chi connectivity index (χ4n) is 3.47. The Morgan fingerprint density at radius 2 is 2.05 bits per heavy atom.